The van der Waals surface area contributed by atoms with Crippen LogP contribution in [0.1, 0.15) is 63.6 Å². The maximum Gasteiger partial charge on any atom is 0.338 e. The maximum absolute atomic E-state index is 13.4. The highest BCUT2D eigenvalue weighted by Gasteiger charge is 2.51. The van der Waals surface area contributed by atoms with Crippen molar-refractivity contribution in [2.75, 3.05) is 12.4 Å². The summed E-state index contributed by atoms with van der Waals surface area (Å²) in [5.41, 5.74) is -0.379. The molecule has 3 aromatic carbocycles. The average Bonchev–Trinajstić information content (AvgIpc) is 3.42. The van der Waals surface area contributed by atoms with E-state index in [-0.39, 0.29) is 21.4 Å². The molecule has 11 nitrogen and oxygen atoms in total. The van der Waals surface area contributed by atoms with Crippen molar-refractivity contribution < 1.29 is 33.3 Å². The molecule has 1 N–H and O–H groups in total. The van der Waals surface area contributed by atoms with Crippen molar-refractivity contribution in [3.05, 3.63) is 140 Å². The van der Waals surface area contributed by atoms with Crippen molar-refractivity contribution in [3.8, 4) is 0 Å². The van der Waals surface area contributed by atoms with Crippen LogP contribution in [0, 0.1) is 0 Å². The molecule has 0 saturated carbocycles. The Labute approximate surface area is 290 Å². The summed E-state index contributed by atoms with van der Waals surface area (Å²) in [5, 5.41) is 0. The van der Waals surface area contributed by atoms with E-state index in [1.165, 1.54) is 6.20 Å². The summed E-state index contributed by atoms with van der Waals surface area (Å²) in [5.74, 6) is -1.60. The summed E-state index contributed by atoms with van der Waals surface area (Å²) >= 11 is 0. The van der Waals surface area contributed by atoms with Gasteiger partial charge in [-0.15, -0.1) is 0 Å². The van der Waals surface area contributed by atoms with Gasteiger partial charge in [-0.1, -0.05) is 97.0 Å². The molecule has 5 rings (SSSR count). The molecule has 0 radical (unpaired) electrons. The monoisotopic (exact) mass is 704 g/mol. The number of aromatic amines is 1. The first kappa shape index (κ1) is 35.7. The minimum atomic E-state index is -1.40. The van der Waals surface area contributed by atoms with Crippen molar-refractivity contribution in [1.29, 1.82) is 0 Å². The number of hydrogen-bond acceptors (Lipinski definition) is 11. The quantitative estimate of drug-likeness (QED) is 0.0869. The van der Waals surface area contributed by atoms with Crippen molar-refractivity contribution in [2.45, 2.75) is 56.5 Å². The lowest BCUT2D eigenvalue weighted by molar-refractivity contribution is -0.0641. The van der Waals surface area contributed by atoms with Crippen LogP contribution in [0.3, 0.4) is 0 Å². The van der Waals surface area contributed by atoms with Crippen LogP contribution in [0.5, 0.6) is 0 Å². The first-order valence-corrected chi connectivity index (χ1v) is 17.9. The molecular weight excluding hydrogens is 669 g/mol. The van der Waals surface area contributed by atoms with Gasteiger partial charge in [0.1, 0.15) is 12.7 Å². The van der Waals surface area contributed by atoms with Crippen molar-refractivity contribution >= 4 is 39.5 Å². The number of aromatic nitrogens is 2. The van der Waals surface area contributed by atoms with E-state index in [4.69, 9.17) is 18.9 Å². The van der Waals surface area contributed by atoms with E-state index in [9.17, 15) is 24.0 Å². The van der Waals surface area contributed by atoms with Gasteiger partial charge in [0, 0.05) is 22.3 Å². The number of H-pyrrole nitrogens is 1. The summed E-state index contributed by atoms with van der Waals surface area (Å²) in [6, 6.07) is 24.6. The van der Waals surface area contributed by atoms with E-state index < -0.39 is 60.3 Å². The first-order chi connectivity index (χ1) is 23.5. The third-order valence-electron chi connectivity index (χ3n) is 7.26. The summed E-state index contributed by atoms with van der Waals surface area (Å²) in [6.07, 6.45) is -3.60. The molecule has 0 unspecified atom stereocenters. The van der Waals surface area contributed by atoms with Gasteiger partial charge in [-0.25, -0.2) is 19.2 Å². The molecule has 2 heterocycles. The standard InChI is InChI=1S/C36H36N2O9S2/c1-36(2,3)49-48-20-19-26-21-38(35(43)37-30(26)39)31-29(47-34(42)25-17-11-6-12-18-25)28(46-33(41)24-15-9-5-10-16-24)27(45-31)22-44-32(40)23-13-7-4-8-14-23/h4-18,21,27-29,31H,19-20,22H2,1-3H3,(H,37,39,43)/t27-,28-,29-,31-/m1/s1. The number of nitrogens with one attached hydrogen (secondary N) is 1. The van der Waals surface area contributed by atoms with Gasteiger partial charge < -0.3 is 18.9 Å². The van der Waals surface area contributed by atoms with Gasteiger partial charge in [-0.2, -0.15) is 0 Å². The molecule has 1 saturated heterocycles. The second-order valence-corrected chi connectivity index (χ2v) is 15.3. The number of carbonyl (C=O) groups is 3. The molecule has 13 heteroatoms. The lowest BCUT2D eigenvalue weighted by Crippen LogP contribution is -2.43. The summed E-state index contributed by atoms with van der Waals surface area (Å²) in [6.45, 7) is 5.84. The number of esters is 3. The Morgan fingerprint density at radius 2 is 1.29 bits per heavy atom. The van der Waals surface area contributed by atoms with Gasteiger partial charge in [0.2, 0.25) is 0 Å². The predicted octanol–water partition coefficient (Wildman–Crippen LogP) is 5.46. The van der Waals surface area contributed by atoms with Crippen LogP contribution in [0.25, 0.3) is 0 Å². The topological polar surface area (TPSA) is 143 Å². The number of benzene rings is 3. The van der Waals surface area contributed by atoms with E-state index in [0.717, 1.165) is 4.57 Å². The fraction of sp³-hybridized carbons (Fsp3) is 0.306. The zero-order chi connectivity index (χ0) is 35.0. The lowest BCUT2D eigenvalue weighted by Gasteiger charge is -2.25. The van der Waals surface area contributed by atoms with Crippen LogP contribution in [-0.4, -0.2) is 62.9 Å². The smallest absolute Gasteiger partial charge is 0.338 e. The molecule has 49 heavy (non-hydrogen) atoms. The maximum atomic E-state index is 13.4. The van der Waals surface area contributed by atoms with Gasteiger partial charge in [-0.3, -0.25) is 14.3 Å². The van der Waals surface area contributed by atoms with E-state index in [1.807, 2.05) is 0 Å². The second kappa shape index (κ2) is 16.2. The number of carbonyl (C=O) groups excluding carboxylic acids is 3. The highest BCUT2D eigenvalue weighted by atomic mass is 33.1. The van der Waals surface area contributed by atoms with E-state index in [2.05, 4.69) is 25.8 Å². The van der Waals surface area contributed by atoms with Crippen LogP contribution in [0.2, 0.25) is 0 Å². The molecule has 0 amide bonds. The van der Waals surface area contributed by atoms with Crippen molar-refractivity contribution in [2.24, 2.45) is 0 Å². The number of rotatable bonds is 12. The number of aryl methyl sites for hydroxylation is 1. The first-order valence-electron chi connectivity index (χ1n) is 15.5. The molecule has 1 aliphatic heterocycles. The van der Waals surface area contributed by atoms with Gasteiger partial charge in [0.05, 0.1) is 16.7 Å². The van der Waals surface area contributed by atoms with Crippen molar-refractivity contribution in [3.63, 3.8) is 0 Å². The highest BCUT2D eigenvalue weighted by Crippen LogP contribution is 2.36. The van der Waals surface area contributed by atoms with Crippen LogP contribution in [0.4, 0.5) is 0 Å². The third kappa shape index (κ3) is 9.52. The number of nitrogens with zero attached hydrogens (tertiary/aromatic N) is 1. The number of ether oxygens (including phenoxy) is 4. The fourth-order valence-electron chi connectivity index (χ4n) is 4.95. The largest absolute Gasteiger partial charge is 0.459 e. The zero-order valence-corrected chi connectivity index (χ0v) is 28.7. The molecule has 256 valence electrons. The Morgan fingerprint density at radius 3 is 1.82 bits per heavy atom. The molecule has 1 aliphatic rings. The van der Waals surface area contributed by atoms with E-state index >= 15 is 0 Å². The van der Waals surface area contributed by atoms with E-state index in [1.54, 1.807) is 113 Å². The van der Waals surface area contributed by atoms with Crippen LogP contribution >= 0.6 is 21.6 Å². The van der Waals surface area contributed by atoms with E-state index in [0.29, 0.717) is 17.7 Å². The zero-order valence-electron chi connectivity index (χ0n) is 27.1. The highest BCUT2D eigenvalue weighted by molar-refractivity contribution is 8.77. The Kier molecular flexibility index (Phi) is 11.8. The summed E-state index contributed by atoms with van der Waals surface area (Å²) in [4.78, 5) is 68.3. The van der Waals surface area contributed by atoms with Gasteiger partial charge in [0.25, 0.3) is 5.56 Å². The summed E-state index contributed by atoms with van der Waals surface area (Å²) < 4.78 is 24.9. The molecular formula is C36H36N2O9S2. The summed E-state index contributed by atoms with van der Waals surface area (Å²) in [7, 11) is 3.27. The van der Waals surface area contributed by atoms with Crippen LogP contribution in [0.15, 0.2) is 107 Å². The Hall–Kier alpha value is -4.59. The Balaban J connectivity index is 1.50. The average molecular weight is 705 g/mol. The molecule has 0 bridgehead atoms. The molecule has 0 aliphatic carbocycles. The van der Waals surface area contributed by atoms with Crippen LogP contribution < -0.4 is 11.2 Å². The Bertz CT molecular complexity index is 1860. The SMILES string of the molecule is CC(C)(C)SSCCc1cn([C@@H]2O[C@H](COC(=O)c3ccccc3)[C@@H](OC(=O)c3ccccc3)[C@H]2OC(=O)c2ccccc2)c(=O)[nH]c1=O. The second-order valence-electron chi connectivity index (χ2n) is 12.1. The fourth-order valence-corrected chi connectivity index (χ4v) is 7.25. The van der Waals surface area contributed by atoms with Gasteiger partial charge in [0.15, 0.2) is 18.4 Å². The molecule has 4 atom stereocenters. The minimum absolute atomic E-state index is 0.00852. The molecule has 4 aromatic rings. The van der Waals surface area contributed by atoms with Gasteiger partial charge >= 0.3 is 23.6 Å². The molecule has 0 spiro atoms. The molecule has 1 aromatic heterocycles. The lowest BCUT2D eigenvalue weighted by atomic mass is 10.1. The number of hydrogen-bond donors (Lipinski definition) is 1. The Morgan fingerprint density at radius 1 is 0.776 bits per heavy atom. The van der Waals surface area contributed by atoms with Crippen LogP contribution in [-0.2, 0) is 25.4 Å². The van der Waals surface area contributed by atoms with Crippen molar-refractivity contribution in [1.82, 2.24) is 9.55 Å². The third-order valence-corrected chi connectivity index (χ3v) is 10.6. The predicted molar refractivity (Wildman–Crippen MR) is 187 cm³/mol. The van der Waals surface area contributed by atoms with Gasteiger partial charge in [-0.05, 0) is 42.8 Å². The molecule has 1 fully saturated rings. The minimum Gasteiger partial charge on any atom is -0.459 e. The normalized spacial score (nSPS) is 18.8.